The average molecular weight is 468 g/mol. The van der Waals surface area contributed by atoms with Crippen LogP contribution in [0.2, 0.25) is 6.32 Å². The topological polar surface area (TPSA) is 191 Å². The minimum atomic E-state index is -4.15. The predicted molar refractivity (Wildman–Crippen MR) is 108 cm³/mol. The molecule has 3 aliphatic heterocycles. The molecule has 3 rings (SSSR count). The van der Waals surface area contributed by atoms with Gasteiger partial charge in [-0.15, -0.1) is 0 Å². The van der Waals surface area contributed by atoms with Crippen LogP contribution in [0, 0.1) is 5.92 Å². The molecular weight excluding hydrogens is 439 g/mol. The molecule has 0 aromatic rings. The monoisotopic (exact) mass is 468 g/mol. The number of aliphatic carboxylic acids is 1. The summed E-state index contributed by atoms with van der Waals surface area (Å²) in [7, 11) is -9.01. The molecule has 0 radical (unpaired) electrons. The van der Waals surface area contributed by atoms with Gasteiger partial charge in [0.25, 0.3) is 10.2 Å². The second-order valence-corrected chi connectivity index (χ2v) is 12.5. The van der Waals surface area contributed by atoms with Gasteiger partial charge < -0.3 is 26.2 Å². The molecule has 3 fully saturated rings. The molecule has 3 aliphatic rings. The molecule has 3 atom stereocenters. The van der Waals surface area contributed by atoms with Gasteiger partial charge in [0.1, 0.15) is 5.54 Å². The summed E-state index contributed by atoms with van der Waals surface area (Å²) in [4.78, 5) is 11.9. The van der Waals surface area contributed by atoms with E-state index in [0.29, 0.717) is 13.1 Å². The molecule has 30 heavy (non-hydrogen) atoms. The van der Waals surface area contributed by atoms with Crippen LogP contribution in [0.4, 0.5) is 0 Å². The van der Waals surface area contributed by atoms with E-state index in [4.69, 9.17) is 15.8 Å². The molecule has 172 valence electrons. The number of hydrogen-bond acceptors (Lipinski definition) is 9. The van der Waals surface area contributed by atoms with Crippen molar-refractivity contribution in [2.75, 3.05) is 37.7 Å². The predicted octanol–water partition coefficient (Wildman–Crippen LogP) is -3.34. The van der Waals surface area contributed by atoms with Gasteiger partial charge in [-0.25, -0.2) is 8.42 Å². The number of carbonyl (C=O) groups is 1. The number of hydrogen-bond donors (Lipinski definition) is 5. The summed E-state index contributed by atoms with van der Waals surface area (Å²) in [6, 6.07) is -1.08. The molecule has 6 N–H and O–H groups in total. The highest BCUT2D eigenvalue weighted by Crippen LogP contribution is 2.35. The lowest BCUT2D eigenvalue weighted by atomic mass is 9.78. The Hall–Kier alpha value is -0.805. The van der Waals surface area contributed by atoms with E-state index >= 15 is 0 Å². The van der Waals surface area contributed by atoms with Gasteiger partial charge in [0.05, 0.1) is 17.5 Å². The van der Waals surface area contributed by atoms with Gasteiger partial charge >= 0.3 is 13.1 Å². The maximum Gasteiger partial charge on any atom is 0.451 e. The number of carboxylic acid groups (broad SMARTS) is 1. The lowest BCUT2D eigenvalue weighted by Gasteiger charge is -2.42. The van der Waals surface area contributed by atoms with Gasteiger partial charge in [-0.05, 0) is 19.2 Å². The number of nitrogens with one attached hydrogen (secondary N) is 1. The first-order valence-corrected chi connectivity index (χ1v) is 13.2. The molecule has 0 bridgehead atoms. The van der Waals surface area contributed by atoms with E-state index in [9.17, 15) is 26.7 Å². The van der Waals surface area contributed by atoms with E-state index in [0.717, 1.165) is 4.31 Å². The van der Waals surface area contributed by atoms with Crippen LogP contribution in [0.15, 0.2) is 0 Å². The van der Waals surface area contributed by atoms with Crippen molar-refractivity contribution >= 4 is 33.1 Å². The number of rotatable bonds is 9. The van der Waals surface area contributed by atoms with E-state index in [2.05, 4.69) is 5.32 Å². The molecule has 0 aliphatic carbocycles. The van der Waals surface area contributed by atoms with Crippen LogP contribution in [-0.4, -0.2) is 109 Å². The van der Waals surface area contributed by atoms with Crippen molar-refractivity contribution in [2.24, 2.45) is 11.7 Å². The Bertz CT molecular complexity index is 866. The summed E-state index contributed by atoms with van der Waals surface area (Å²) in [6.45, 7) is 0.248. The molecular formula is C15H29BN4O8S2. The van der Waals surface area contributed by atoms with Gasteiger partial charge in [-0.2, -0.15) is 17.0 Å². The number of sulfone groups is 1. The Labute approximate surface area is 176 Å². The third-order valence-electron chi connectivity index (χ3n) is 6.28. The summed E-state index contributed by atoms with van der Waals surface area (Å²) < 4.78 is 53.2. The van der Waals surface area contributed by atoms with Crippen LogP contribution in [-0.2, 0) is 24.8 Å². The minimum absolute atomic E-state index is 0.0265. The molecule has 3 saturated heterocycles. The molecule has 0 amide bonds. The standard InChI is InChI=1S/C15H29BN4O8S2/c17-15(14(21)22)10-19(8-11(15)2-1-4-16(23)24)30(27,28)20(13-6-18-7-13)12-3-5-29(25,26)9-12/h11-13,18,23-24H,1-10,17H2,(H,21,22)/t11-,12?,15-/m0/s1. The van der Waals surface area contributed by atoms with E-state index < -0.39 is 63.2 Å². The van der Waals surface area contributed by atoms with E-state index in [1.165, 1.54) is 4.31 Å². The molecule has 0 aromatic heterocycles. The fourth-order valence-corrected chi connectivity index (χ4v) is 8.35. The lowest BCUT2D eigenvalue weighted by molar-refractivity contribution is -0.144. The van der Waals surface area contributed by atoms with Crippen LogP contribution in [0.25, 0.3) is 0 Å². The Balaban J connectivity index is 1.83. The Morgan fingerprint density at radius 2 is 1.97 bits per heavy atom. The maximum absolute atomic E-state index is 13.5. The first kappa shape index (κ1) is 23.8. The lowest BCUT2D eigenvalue weighted by Crippen LogP contribution is -2.64. The average Bonchev–Trinajstić information content (AvgIpc) is 3.11. The van der Waals surface area contributed by atoms with Crippen LogP contribution >= 0.6 is 0 Å². The largest absolute Gasteiger partial charge is 0.480 e. The van der Waals surface area contributed by atoms with Crippen LogP contribution < -0.4 is 11.1 Å². The van der Waals surface area contributed by atoms with Gasteiger partial charge in [-0.3, -0.25) is 4.79 Å². The summed E-state index contributed by atoms with van der Waals surface area (Å²) in [5, 5.41) is 30.7. The number of nitrogens with two attached hydrogens (primary N) is 1. The fraction of sp³-hybridized carbons (Fsp3) is 0.933. The first-order chi connectivity index (χ1) is 13.9. The molecule has 12 nitrogen and oxygen atoms in total. The normalized spacial score (nSPS) is 32.4. The van der Waals surface area contributed by atoms with Crippen molar-refractivity contribution < 1.29 is 36.8 Å². The molecule has 0 saturated carbocycles. The highest BCUT2D eigenvalue weighted by Gasteiger charge is 2.55. The highest BCUT2D eigenvalue weighted by molar-refractivity contribution is 7.91. The SMILES string of the molecule is N[C@@]1(C(=O)O)CN(S(=O)(=O)N(C2CNC2)C2CCS(=O)(=O)C2)C[C@@H]1CCCB(O)O. The zero-order chi connectivity index (χ0) is 22.3. The van der Waals surface area contributed by atoms with Gasteiger partial charge in [0.2, 0.25) is 0 Å². The fourth-order valence-electron chi connectivity index (χ4n) is 4.45. The van der Waals surface area contributed by atoms with Crippen molar-refractivity contribution in [2.45, 2.75) is 43.2 Å². The summed E-state index contributed by atoms with van der Waals surface area (Å²) >= 11 is 0. The van der Waals surface area contributed by atoms with E-state index in [1.54, 1.807) is 0 Å². The van der Waals surface area contributed by atoms with Gasteiger partial charge in [0, 0.05) is 38.1 Å². The third kappa shape index (κ3) is 4.67. The van der Waals surface area contributed by atoms with Crippen molar-refractivity contribution in [1.29, 1.82) is 0 Å². The van der Waals surface area contributed by atoms with Crippen LogP contribution in [0.5, 0.6) is 0 Å². The third-order valence-corrected chi connectivity index (χ3v) is 10.1. The summed E-state index contributed by atoms with van der Waals surface area (Å²) in [5.41, 5.74) is 4.31. The molecule has 15 heteroatoms. The second kappa shape index (κ2) is 8.62. The molecule has 0 aromatic carbocycles. The Morgan fingerprint density at radius 1 is 1.30 bits per heavy atom. The minimum Gasteiger partial charge on any atom is -0.480 e. The van der Waals surface area contributed by atoms with Gasteiger partial charge in [-0.1, -0.05) is 6.42 Å². The van der Waals surface area contributed by atoms with E-state index in [-0.39, 0.29) is 43.6 Å². The van der Waals surface area contributed by atoms with Crippen LogP contribution in [0.3, 0.4) is 0 Å². The number of nitrogens with zero attached hydrogens (tertiary/aromatic N) is 2. The summed E-state index contributed by atoms with van der Waals surface area (Å²) in [5.74, 6) is -2.36. The zero-order valence-electron chi connectivity index (χ0n) is 16.6. The van der Waals surface area contributed by atoms with Crippen molar-refractivity contribution in [3.05, 3.63) is 0 Å². The first-order valence-electron chi connectivity index (χ1n) is 9.95. The second-order valence-electron chi connectivity index (χ2n) is 8.45. The quantitative estimate of drug-likeness (QED) is 0.214. The number of carboxylic acids is 1. The zero-order valence-corrected chi connectivity index (χ0v) is 18.2. The molecule has 0 spiro atoms. The van der Waals surface area contributed by atoms with Crippen molar-refractivity contribution in [3.63, 3.8) is 0 Å². The van der Waals surface area contributed by atoms with E-state index in [1.807, 2.05) is 0 Å². The smallest absolute Gasteiger partial charge is 0.451 e. The van der Waals surface area contributed by atoms with Gasteiger partial charge in [0.15, 0.2) is 9.84 Å². The molecule has 1 unspecified atom stereocenters. The summed E-state index contributed by atoms with van der Waals surface area (Å²) in [6.07, 6.45) is 0.726. The Kier molecular flexibility index (Phi) is 6.85. The molecule has 3 heterocycles. The van der Waals surface area contributed by atoms with Crippen molar-refractivity contribution in [1.82, 2.24) is 13.9 Å². The van der Waals surface area contributed by atoms with Crippen LogP contribution in [0.1, 0.15) is 19.3 Å². The highest BCUT2D eigenvalue weighted by atomic mass is 32.2. The Morgan fingerprint density at radius 3 is 2.43 bits per heavy atom. The van der Waals surface area contributed by atoms with Crippen molar-refractivity contribution in [3.8, 4) is 0 Å². The maximum atomic E-state index is 13.5.